The van der Waals surface area contributed by atoms with Crippen molar-refractivity contribution in [2.45, 2.75) is 24.2 Å². The van der Waals surface area contributed by atoms with Crippen LogP contribution in [0, 0.1) is 0 Å². The number of carbonyl (C=O) groups excluding carboxylic acids is 1. The summed E-state index contributed by atoms with van der Waals surface area (Å²) >= 11 is 0. The number of hydrogen-bond acceptors (Lipinski definition) is 3. The number of ketones is 1. The van der Waals surface area contributed by atoms with E-state index >= 15 is 0 Å². The molecule has 0 fully saturated rings. The van der Waals surface area contributed by atoms with Crippen LogP contribution in [0.4, 0.5) is 5.69 Å². The third kappa shape index (κ3) is 6.21. The van der Waals surface area contributed by atoms with Crippen LogP contribution < -0.4 is 9.46 Å². The lowest BCUT2D eigenvalue weighted by atomic mass is 10.0. The molecule has 0 aliphatic carbocycles. The number of benzene rings is 4. The molecule has 5 heteroatoms. The average Bonchev–Trinajstić information content (AvgIpc) is 2.89. The lowest BCUT2D eigenvalue weighted by Gasteiger charge is -2.11. The summed E-state index contributed by atoms with van der Waals surface area (Å²) in [6.45, 7) is 0. The number of rotatable bonds is 10. The van der Waals surface area contributed by atoms with Crippen LogP contribution in [0.2, 0.25) is 0 Å². The van der Waals surface area contributed by atoms with Crippen LogP contribution in [0.5, 0.6) is 5.75 Å². The van der Waals surface area contributed by atoms with Gasteiger partial charge >= 0.3 is 0 Å². The zero-order valence-corrected chi connectivity index (χ0v) is 19.9. The number of Topliss-reactive ketones (excluding diaryl/α,β-unsaturated/α-hetero) is 1. The fourth-order valence-electron chi connectivity index (χ4n) is 3.76. The first kappa shape index (κ1) is 23.5. The van der Waals surface area contributed by atoms with Gasteiger partial charge in [-0.2, -0.15) is 0 Å². The van der Waals surface area contributed by atoms with Gasteiger partial charge in [-0.15, -0.1) is 0 Å². The summed E-state index contributed by atoms with van der Waals surface area (Å²) in [4.78, 5) is 13.2. The molecule has 0 saturated carbocycles. The first-order chi connectivity index (χ1) is 16.6. The maximum Gasteiger partial charge on any atom is 0.150 e. The quantitative estimate of drug-likeness (QED) is 0.299. The van der Waals surface area contributed by atoms with Gasteiger partial charge in [0.1, 0.15) is 11.5 Å². The Kier molecular flexibility index (Phi) is 7.89. The Balaban J connectivity index is 1.35. The first-order valence-electron chi connectivity index (χ1n) is 11.2. The molecule has 4 aromatic rings. The van der Waals surface area contributed by atoms with E-state index in [0.717, 1.165) is 38.6 Å². The summed E-state index contributed by atoms with van der Waals surface area (Å²) in [5, 5.41) is 0. The first-order valence-corrected chi connectivity index (χ1v) is 12.3. The van der Waals surface area contributed by atoms with E-state index in [1.807, 2.05) is 103 Å². The minimum absolute atomic E-state index is 0.184. The van der Waals surface area contributed by atoms with Crippen LogP contribution in [0.3, 0.4) is 0 Å². The molecule has 0 bridgehead atoms. The van der Waals surface area contributed by atoms with Gasteiger partial charge in [-0.3, -0.25) is 4.79 Å². The third-order valence-electron chi connectivity index (χ3n) is 5.56. The number of hydrogen-bond donors (Lipinski definition) is 1. The zero-order valence-electron chi connectivity index (χ0n) is 19.1. The lowest BCUT2D eigenvalue weighted by molar-refractivity contribution is -0.118. The topological polar surface area (TPSA) is 55.4 Å². The molecule has 0 aliphatic heterocycles. The Morgan fingerprint density at radius 3 is 2.32 bits per heavy atom. The third-order valence-corrected chi connectivity index (χ3v) is 6.74. The zero-order chi connectivity index (χ0) is 23.8. The second-order valence-corrected chi connectivity index (χ2v) is 9.18. The van der Waals surface area contributed by atoms with Gasteiger partial charge in [0.15, 0.2) is 11.0 Å². The molecule has 0 spiro atoms. The van der Waals surface area contributed by atoms with E-state index in [1.54, 1.807) is 7.11 Å². The summed E-state index contributed by atoms with van der Waals surface area (Å²) in [7, 11) is 0.221. The Bertz CT molecular complexity index is 1270. The van der Waals surface area contributed by atoms with Gasteiger partial charge in [-0.25, -0.2) is 4.21 Å². The van der Waals surface area contributed by atoms with E-state index in [0.29, 0.717) is 19.3 Å². The molecule has 0 amide bonds. The summed E-state index contributed by atoms with van der Waals surface area (Å²) < 4.78 is 21.4. The van der Waals surface area contributed by atoms with E-state index in [2.05, 4.69) is 4.72 Å². The standard InChI is InChI=1S/C29H27NO3S/c1-33-27-11-7-8-22(21-27)16-19-26(31)20-23-14-17-25(18-15-23)30-34(32)29-13-6-5-12-28(29)24-9-3-2-4-10-24/h2-15,17-18,21,30H,16,19-20H2,1H3. The maximum absolute atomic E-state index is 13.1. The molecule has 0 aliphatic rings. The predicted molar refractivity (Wildman–Crippen MR) is 138 cm³/mol. The molecule has 1 N–H and O–H groups in total. The SMILES string of the molecule is COc1cccc(CCC(=O)Cc2ccc(NS(=O)c3ccccc3-c3ccccc3)cc2)c1. The van der Waals surface area contributed by atoms with E-state index in [9.17, 15) is 9.00 Å². The number of ether oxygens (including phenoxy) is 1. The molecule has 4 rings (SSSR count). The van der Waals surface area contributed by atoms with Crippen LogP contribution in [-0.4, -0.2) is 17.1 Å². The molecule has 0 heterocycles. The Morgan fingerprint density at radius 1 is 0.824 bits per heavy atom. The van der Waals surface area contributed by atoms with Crippen molar-refractivity contribution in [1.82, 2.24) is 0 Å². The van der Waals surface area contributed by atoms with Gasteiger partial charge in [0.25, 0.3) is 0 Å². The average molecular weight is 470 g/mol. The van der Waals surface area contributed by atoms with E-state index in [1.165, 1.54) is 0 Å². The van der Waals surface area contributed by atoms with Gasteiger partial charge in [0.2, 0.25) is 0 Å². The van der Waals surface area contributed by atoms with Crippen molar-refractivity contribution in [3.8, 4) is 16.9 Å². The number of methoxy groups -OCH3 is 1. The van der Waals surface area contributed by atoms with E-state index < -0.39 is 11.0 Å². The van der Waals surface area contributed by atoms with Crippen molar-refractivity contribution in [3.63, 3.8) is 0 Å². The number of anilines is 1. The molecule has 172 valence electrons. The lowest BCUT2D eigenvalue weighted by Crippen LogP contribution is -2.07. The molecular weight excluding hydrogens is 442 g/mol. The Labute approximate surface area is 203 Å². The van der Waals surface area contributed by atoms with Gasteiger partial charge in [-0.05, 0) is 59.0 Å². The predicted octanol–water partition coefficient (Wildman–Crippen LogP) is 6.24. The summed E-state index contributed by atoms with van der Waals surface area (Å²) in [6, 6.07) is 33.0. The highest BCUT2D eigenvalue weighted by Gasteiger charge is 2.12. The fourth-order valence-corrected chi connectivity index (χ4v) is 4.81. The van der Waals surface area contributed by atoms with Gasteiger partial charge in [0, 0.05) is 18.5 Å². The van der Waals surface area contributed by atoms with Crippen LogP contribution >= 0.6 is 0 Å². The summed E-state index contributed by atoms with van der Waals surface area (Å²) in [5.41, 5.74) is 4.74. The second kappa shape index (κ2) is 11.4. The summed E-state index contributed by atoms with van der Waals surface area (Å²) in [6.07, 6.45) is 1.55. The van der Waals surface area contributed by atoms with E-state index in [4.69, 9.17) is 4.74 Å². The molecule has 0 saturated heterocycles. The normalized spacial score (nSPS) is 11.6. The van der Waals surface area contributed by atoms with Crippen LogP contribution in [-0.2, 0) is 28.6 Å². The van der Waals surface area contributed by atoms with Crippen molar-refractivity contribution in [2.75, 3.05) is 11.8 Å². The van der Waals surface area contributed by atoms with Crippen LogP contribution in [0.1, 0.15) is 17.5 Å². The highest BCUT2D eigenvalue weighted by atomic mass is 32.2. The smallest absolute Gasteiger partial charge is 0.150 e. The molecule has 34 heavy (non-hydrogen) atoms. The van der Waals surface area contributed by atoms with Crippen LogP contribution in [0.15, 0.2) is 108 Å². The molecule has 0 radical (unpaired) electrons. The van der Waals surface area contributed by atoms with E-state index in [-0.39, 0.29) is 5.78 Å². The molecule has 4 nitrogen and oxygen atoms in total. The van der Waals surface area contributed by atoms with Crippen molar-refractivity contribution >= 4 is 22.5 Å². The highest BCUT2D eigenvalue weighted by Crippen LogP contribution is 2.27. The van der Waals surface area contributed by atoms with Crippen LogP contribution in [0.25, 0.3) is 11.1 Å². The monoisotopic (exact) mass is 469 g/mol. The Morgan fingerprint density at radius 2 is 1.56 bits per heavy atom. The number of nitrogens with one attached hydrogen (secondary N) is 1. The largest absolute Gasteiger partial charge is 0.497 e. The molecule has 0 aromatic heterocycles. The van der Waals surface area contributed by atoms with Gasteiger partial charge < -0.3 is 9.46 Å². The number of carbonyl (C=O) groups is 1. The maximum atomic E-state index is 13.1. The second-order valence-electron chi connectivity index (χ2n) is 8.00. The Hall–Kier alpha value is -3.70. The minimum atomic E-state index is -1.42. The van der Waals surface area contributed by atoms with Crippen molar-refractivity contribution in [1.29, 1.82) is 0 Å². The number of aryl methyl sites for hydroxylation is 1. The van der Waals surface area contributed by atoms with Gasteiger partial charge in [-0.1, -0.05) is 72.8 Å². The fraction of sp³-hybridized carbons (Fsp3) is 0.138. The summed E-state index contributed by atoms with van der Waals surface area (Å²) in [5.74, 6) is 0.987. The molecule has 1 unspecified atom stereocenters. The molecule has 4 aromatic carbocycles. The van der Waals surface area contributed by atoms with Crippen molar-refractivity contribution in [3.05, 3.63) is 114 Å². The highest BCUT2D eigenvalue weighted by molar-refractivity contribution is 7.86. The van der Waals surface area contributed by atoms with Crippen molar-refractivity contribution < 1.29 is 13.7 Å². The van der Waals surface area contributed by atoms with Crippen molar-refractivity contribution in [2.24, 2.45) is 0 Å². The minimum Gasteiger partial charge on any atom is -0.497 e. The molecular formula is C29H27NO3S. The molecule has 1 atom stereocenters. The van der Waals surface area contributed by atoms with Gasteiger partial charge in [0.05, 0.1) is 12.0 Å².